The molecular weight excluding hydrogens is 362 g/mol. The molecule has 6 nitrogen and oxygen atoms in total. The Morgan fingerprint density at radius 3 is 2.44 bits per heavy atom. The van der Waals surface area contributed by atoms with E-state index in [-0.39, 0.29) is 24.4 Å². The third-order valence-electron chi connectivity index (χ3n) is 5.15. The van der Waals surface area contributed by atoms with Crippen LogP contribution in [0.5, 0.6) is 0 Å². The first kappa shape index (κ1) is 20.0. The summed E-state index contributed by atoms with van der Waals surface area (Å²) in [6.07, 6.45) is 3.74. The van der Waals surface area contributed by atoms with Gasteiger partial charge < -0.3 is 10.6 Å². The molecule has 0 saturated carbocycles. The van der Waals surface area contributed by atoms with Gasteiger partial charge in [0.25, 0.3) is 5.91 Å². The number of rotatable bonds is 3. The Morgan fingerprint density at radius 1 is 1.24 bits per heavy atom. The molecule has 0 spiro atoms. The maximum Gasteiger partial charge on any atom is 0.253 e. The molecule has 1 aromatic carbocycles. The van der Waals surface area contributed by atoms with Crippen LogP contribution in [-0.4, -0.2) is 51.2 Å². The fraction of sp³-hybridized carbons (Fsp3) is 0.588. The van der Waals surface area contributed by atoms with Crippen LogP contribution in [0.4, 0.5) is 5.69 Å². The number of piperidine rings is 1. The van der Waals surface area contributed by atoms with Crippen LogP contribution < -0.4 is 10.0 Å². The van der Waals surface area contributed by atoms with Gasteiger partial charge in [-0.1, -0.05) is 0 Å². The van der Waals surface area contributed by atoms with E-state index in [4.69, 9.17) is 5.73 Å². The van der Waals surface area contributed by atoms with Crippen LogP contribution in [0.3, 0.4) is 0 Å². The predicted octanol–water partition coefficient (Wildman–Crippen LogP) is 1.63. The van der Waals surface area contributed by atoms with Crippen molar-refractivity contribution in [3.8, 4) is 0 Å². The molecule has 1 saturated heterocycles. The Kier molecular flexibility index (Phi) is 6.01. The number of halogens is 1. The van der Waals surface area contributed by atoms with Crippen molar-refractivity contribution in [2.45, 2.75) is 32.2 Å². The molecule has 0 bridgehead atoms. The number of likely N-dealkylation sites (tertiary alicyclic amines) is 1. The second-order valence-electron chi connectivity index (χ2n) is 6.92. The molecule has 2 aliphatic rings. The van der Waals surface area contributed by atoms with Crippen molar-refractivity contribution in [3.05, 3.63) is 29.3 Å². The van der Waals surface area contributed by atoms with Crippen molar-refractivity contribution in [2.75, 3.05) is 30.2 Å². The number of anilines is 1. The van der Waals surface area contributed by atoms with E-state index in [1.165, 1.54) is 10.6 Å². The smallest absolute Gasteiger partial charge is 0.253 e. The normalized spacial score (nSPS) is 19.3. The number of benzene rings is 1. The summed E-state index contributed by atoms with van der Waals surface area (Å²) < 4.78 is 25.0. The lowest BCUT2D eigenvalue weighted by Crippen LogP contribution is -2.42. The maximum atomic E-state index is 12.7. The SMILES string of the molecule is CC(N)C1CCN(C(=O)c2ccc3c(c2)CCN3S(C)(=O)=O)CC1.Cl. The van der Waals surface area contributed by atoms with Gasteiger partial charge in [0.15, 0.2) is 0 Å². The van der Waals surface area contributed by atoms with Gasteiger partial charge in [0, 0.05) is 31.2 Å². The highest BCUT2D eigenvalue weighted by atomic mass is 35.5. The van der Waals surface area contributed by atoms with Gasteiger partial charge in [-0.05, 0) is 55.9 Å². The Labute approximate surface area is 155 Å². The number of carbonyl (C=O) groups is 1. The zero-order valence-corrected chi connectivity index (χ0v) is 16.3. The van der Waals surface area contributed by atoms with Gasteiger partial charge in [0.05, 0.1) is 11.9 Å². The third-order valence-corrected chi connectivity index (χ3v) is 6.33. The summed E-state index contributed by atoms with van der Waals surface area (Å²) in [5, 5.41) is 0. The van der Waals surface area contributed by atoms with Gasteiger partial charge in [-0.3, -0.25) is 9.10 Å². The molecular formula is C17H26ClN3O3S. The Balaban J connectivity index is 0.00000225. The highest BCUT2D eigenvalue weighted by molar-refractivity contribution is 7.92. The number of hydrogen-bond acceptors (Lipinski definition) is 4. The van der Waals surface area contributed by atoms with Crippen LogP contribution >= 0.6 is 12.4 Å². The maximum absolute atomic E-state index is 12.7. The van der Waals surface area contributed by atoms with Crippen molar-refractivity contribution in [2.24, 2.45) is 11.7 Å². The van der Waals surface area contributed by atoms with E-state index in [1.54, 1.807) is 12.1 Å². The second kappa shape index (κ2) is 7.51. The first-order valence-electron chi connectivity index (χ1n) is 8.43. The van der Waals surface area contributed by atoms with E-state index in [2.05, 4.69) is 0 Å². The Hall–Kier alpha value is -1.31. The Bertz CT molecular complexity index is 744. The van der Waals surface area contributed by atoms with Gasteiger partial charge in [0.2, 0.25) is 10.0 Å². The van der Waals surface area contributed by atoms with Crippen LogP contribution in [0.25, 0.3) is 0 Å². The molecule has 0 radical (unpaired) electrons. The molecule has 8 heteroatoms. The van der Waals surface area contributed by atoms with E-state index in [0.717, 1.165) is 31.5 Å². The van der Waals surface area contributed by atoms with Gasteiger partial charge in [-0.25, -0.2) is 8.42 Å². The zero-order valence-electron chi connectivity index (χ0n) is 14.6. The van der Waals surface area contributed by atoms with E-state index in [0.29, 0.717) is 30.1 Å². The van der Waals surface area contributed by atoms with Crippen LogP contribution in [0, 0.1) is 5.92 Å². The highest BCUT2D eigenvalue weighted by Crippen LogP contribution is 2.31. The highest BCUT2D eigenvalue weighted by Gasteiger charge is 2.29. The first-order valence-corrected chi connectivity index (χ1v) is 10.3. The Morgan fingerprint density at radius 2 is 1.88 bits per heavy atom. The van der Waals surface area contributed by atoms with E-state index in [1.807, 2.05) is 17.9 Å². The van der Waals surface area contributed by atoms with Gasteiger partial charge in [-0.15, -0.1) is 12.4 Å². The summed E-state index contributed by atoms with van der Waals surface area (Å²) in [7, 11) is -3.26. The molecule has 2 aliphatic heterocycles. The number of carbonyl (C=O) groups excluding carboxylic acids is 1. The average Bonchev–Trinajstić information content (AvgIpc) is 2.97. The lowest BCUT2D eigenvalue weighted by molar-refractivity contribution is 0.0681. The summed E-state index contributed by atoms with van der Waals surface area (Å²) in [4.78, 5) is 14.6. The molecule has 1 fully saturated rings. The number of hydrogen-bond donors (Lipinski definition) is 1. The van der Waals surface area contributed by atoms with Crippen LogP contribution in [0.15, 0.2) is 18.2 Å². The number of nitrogens with two attached hydrogens (primary N) is 1. The summed E-state index contributed by atoms with van der Waals surface area (Å²) in [6, 6.07) is 5.51. The van der Waals surface area contributed by atoms with Gasteiger partial charge in [-0.2, -0.15) is 0 Å². The predicted molar refractivity (Wildman–Crippen MR) is 102 cm³/mol. The number of nitrogens with zero attached hydrogens (tertiary/aromatic N) is 2. The molecule has 3 rings (SSSR count). The van der Waals surface area contributed by atoms with Crippen LogP contribution in [0.2, 0.25) is 0 Å². The third kappa shape index (κ3) is 4.10. The molecule has 1 unspecified atom stereocenters. The molecule has 2 heterocycles. The van der Waals surface area contributed by atoms with Gasteiger partial charge >= 0.3 is 0 Å². The molecule has 140 valence electrons. The van der Waals surface area contributed by atoms with Crippen LogP contribution in [0.1, 0.15) is 35.7 Å². The summed E-state index contributed by atoms with van der Waals surface area (Å²) in [5.41, 5.74) is 8.22. The quantitative estimate of drug-likeness (QED) is 0.854. The number of sulfonamides is 1. The lowest BCUT2D eigenvalue weighted by atomic mass is 9.90. The standard InChI is InChI=1S/C17H25N3O3S.ClH/c1-12(18)13-5-8-19(9-6-13)17(21)15-3-4-16-14(11-15)7-10-20(16)24(2,22)23;/h3-4,11-13H,5-10,18H2,1-2H3;1H. The van der Waals surface area contributed by atoms with E-state index in [9.17, 15) is 13.2 Å². The van der Waals surface area contributed by atoms with Crippen molar-refractivity contribution < 1.29 is 13.2 Å². The van der Waals surface area contributed by atoms with E-state index < -0.39 is 10.0 Å². The topological polar surface area (TPSA) is 83.7 Å². The summed E-state index contributed by atoms with van der Waals surface area (Å²) in [6.45, 7) is 3.94. The zero-order chi connectivity index (χ0) is 17.5. The second-order valence-corrected chi connectivity index (χ2v) is 8.82. The molecule has 0 aliphatic carbocycles. The molecule has 1 amide bonds. The summed E-state index contributed by atoms with van der Waals surface area (Å²) in [5.74, 6) is 0.510. The minimum atomic E-state index is -3.26. The fourth-order valence-electron chi connectivity index (χ4n) is 3.66. The molecule has 1 atom stereocenters. The van der Waals surface area contributed by atoms with Gasteiger partial charge in [0.1, 0.15) is 0 Å². The number of amides is 1. The lowest BCUT2D eigenvalue weighted by Gasteiger charge is -2.33. The number of fused-ring (bicyclic) bond motifs is 1. The first-order chi connectivity index (χ1) is 11.3. The van der Waals surface area contributed by atoms with Crippen molar-refractivity contribution in [1.29, 1.82) is 0 Å². The van der Waals surface area contributed by atoms with Crippen molar-refractivity contribution in [1.82, 2.24) is 4.90 Å². The van der Waals surface area contributed by atoms with Crippen LogP contribution in [-0.2, 0) is 16.4 Å². The molecule has 1 aromatic rings. The minimum absolute atomic E-state index is 0. The van der Waals surface area contributed by atoms with Crippen molar-refractivity contribution >= 4 is 34.0 Å². The molecule has 2 N–H and O–H groups in total. The fourth-order valence-corrected chi connectivity index (χ4v) is 4.62. The average molecular weight is 388 g/mol. The largest absolute Gasteiger partial charge is 0.339 e. The molecule has 25 heavy (non-hydrogen) atoms. The molecule has 0 aromatic heterocycles. The minimum Gasteiger partial charge on any atom is -0.339 e. The summed E-state index contributed by atoms with van der Waals surface area (Å²) >= 11 is 0. The van der Waals surface area contributed by atoms with Crippen molar-refractivity contribution in [3.63, 3.8) is 0 Å². The monoisotopic (exact) mass is 387 g/mol. The van der Waals surface area contributed by atoms with E-state index >= 15 is 0 Å².